The van der Waals surface area contributed by atoms with Gasteiger partial charge < -0.3 is 26.8 Å². The maximum atomic E-state index is 11.3. The van der Waals surface area contributed by atoms with Gasteiger partial charge in [0.15, 0.2) is 0 Å². The largest absolute Gasteiger partial charge is 0.480 e. The molecule has 0 saturated carbocycles. The van der Waals surface area contributed by atoms with Crippen molar-refractivity contribution < 1.29 is 19.5 Å². The molecule has 18 heavy (non-hydrogen) atoms. The lowest BCUT2D eigenvalue weighted by Crippen LogP contribution is -2.46. The zero-order chi connectivity index (χ0) is 14.0. The maximum absolute atomic E-state index is 11.3. The van der Waals surface area contributed by atoms with Crippen molar-refractivity contribution in [3.05, 3.63) is 0 Å². The minimum Gasteiger partial charge on any atom is -0.480 e. The average Bonchev–Trinajstić information content (AvgIpc) is 2.29. The molecule has 0 spiro atoms. The summed E-state index contributed by atoms with van der Waals surface area (Å²) in [5.74, 6) is -1.79. The zero-order valence-electron chi connectivity index (χ0n) is 10.4. The number of carboxylic acid groups (broad SMARTS) is 1. The molecular weight excluding hydrogens is 240 g/mol. The summed E-state index contributed by atoms with van der Waals surface area (Å²) < 4.78 is 0. The number of primary amides is 1. The van der Waals surface area contributed by atoms with Crippen LogP contribution in [0.5, 0.6) is 0 Å². The van der Waals surface area contributed by atoms with Crippen LogP contribution in [0.1, 0.15) is 19.3 Å². The van der Waals surface area contributed by atoms with Crippen molar-refractivity contribution in [1.29, 1.82) is 0 Å². The van der Waals surface area contributed by atoms with Crippen molar-refractivity contribution in [3.63, 3.8) is 0 Å². The Hall–Kier alpha value is -1.83. The zero-order valence-corrected chi connectivity index (χ0v) is 10.4. The fourth-order valence-corrected chi connectivity index (χ4v) is 1.22. The highest BCUT2D eigenvalue weighted by atomic mass is 16.4. The summed E-state index contributed by atoms with van der Waals surface area (Å²) >= 11 is 0. The van der Waals surface area contributed by atoms with Crippen LogP contribution in [0.2, 0.25) is 0 Å². The Morgan fingerprint density at radius 2 is 1.94 bits per heavy atom. The highest BCUT2D eigenvalue weighted by Crippen LogP contribution is 1.97. The second-order valence-electron chi connectivity index (χ2n) is 3.75. The number of rotatable bonds is 9. The topological polar surface area (TPSA) is 134 Å². The van der Waals surface area contributed by atoms with Gasteiger partial charge in [-0.3, -0.25) is 4.79 Å². The first-order valence-electron chi connectivity index (χ1n) is 5.67. The van der Waals surface area contributed by atoms with E-state index in [9.17, 15) is 14.4 Å². The van der Waals surface area contributed by atoms with E-state index in [0.29, 0.717) is 6.54 Å². The summed E-state index contributed by atoms with van der Waals surface area (Å²) in [5, 5.41) is 16.5. The van der Waals surface area contributed by atoms with Crippen LogP contribution in [-0.4, -0.2) is 49.2 Å². The minimum atomic E-state index is -1.19. The van der Waals surface area contributed by atoms with Crippen LogP contribution in [0.4, 0.5) is 4.79 Å². The van der Waals surface area contributed by atoms with Gasteiger partial charge in [0.1, 0.15) is 6.04 Å². The maximum Gasteiger partial charge on any atom is 0.326 e. The van der Waals surface area contributed by atoms with E-state index in [2.05, 4.69) is 16.0 Å². The lowest BCUT2D eigenvalue weighted by Gasteiger charge is -2.14. The molecule has 0 heterocycles. The van der Waals surface area contributed by atoms with Crippen molar-refractivity contribution >= 4 is 17.9 Å². The Morgan fingerprint density at radius 3 is 2.44 bits per heavy atom. The van der Waals surface area contributed by atoms with Gasteiger partial charge in [-0.05, 0) is 26.4 Å². The number of aliphatic carboxylic acids is 1. The number of nitrogens with two attached hydrogens (primary N) is 1. The lowest BCUT2D eigenvalue weighted by molar-refractivity contribution is -0.139. The third-order valence-electron chi connectivity index (χ3n) is 2.17. The monoisotopic (exact) mass is 260 g/mol. The van der Waals surface area contributed by atoms with E-state index in [1.807, 2.05) is 0 Å². The predicted molar refractivity (Wildman–Crippen MR) is 64.9 cm³/mol. The van der Waals surface area contributed by atoms with Crippen LogP contribution in [0, 0.1) is 0 Å². The highest BCUT2D eigenvalue weighted by molar-refractivity contribution is 5.83. The number of hydrogen-bond donors (Lipinski definition) is 5. The second kappa shape index (κ2) is 9.23. The molecule has 0 aromatic heterocycles. The number of amides is 3. The first kappa shape index (κ1) is 16.2. The minimum absolute atomic E-state index is 0.0192. The second-order valence-corrected chi connectivity index (χ2v) is 3.75. The number of carbonyl (C=O) groups excluding carboxylic acids is 2. The van der Waals surface area contributed by atoms with E-state index in [4.69, 9.17) is 10.8 Å². The van der Waals surface area contributed by atoms with E-state index in [1.54, 1.807) is 7.05 Å². The molecule has 0 aliphatic carbocycles. The number of carboxylic acids is 1. The molecule has 1 atom stereocenters. The Kier molecular flexibility index (Phi) is 8.29. The Labute approximate surface area is 105 Å². The SMILES string of the molecule is CNCCCNC(=O)NC(CCC(N)=O)C(=O)O. The van der Waals surface area contributed by atoms with Gasteiger partial charge in [-0.1, -0.05) is 0 Å². The summed E-state index contributed by atoms with van der Waals surface area (Å²) in [7, 11) is 1.80. The molecule has 3 amide bonds. The smallest absolute Gasteiger partial charge is 0.326 e. The van der Waals surface area contributed by atoms with E-state index < -0.39 is 23.9 Å². The van der Waals surface area contributed by atoms with Gasteiger partial charge in [0, 0.05) is 13.0 Å². The van der Waals surface area contributed by atoms with Crippen LogP contribution >= 0.6 is 0 Å². The van der Waals surface area contributed by atoms with E-state index in [1.165, 1.54) is 0 Å². The first-order chi connectivity index (χ1) is 8.47. The lowest BCUT2D eigenvalue weighted by atomic mass is 10.1. The molecule has 8 nitrogen and oxygen atoms in total. The molecule has 0 bridgehead atoms. The van der Waals surface area contributed by atoms with Crippen molar-refractivity contribution in [3.8, 4) is 0 Å². The Bertz CT molecular complexity index is 296. The van der Waals surface area contributed by atoms with Gasteiger partial charge in [-0.25, -0.2) is 9.59 Å². The van der Waals surface area contributed by atoms with Crippen molar-refractivity contribution in [2.75, 3.05) is 20.1 Å². The van der Waals surface area contributed by atoms with Crippen LogP contribution in [0.15, 0.2) is 0 Å². The average molecular weight is 260 g/mol. The molecule has 104 valence electrons. The molecule has 0 saturated heterocycles. The summed E-state index contributed by atoms with van der Waals surface area (Å²) in [5.41, 5.74) is 4.92. The van der Waals surface area contributed by atoms with E-state index in [0.717, 1.165) is 13.0 Å². The Balaban J connectivity index is 3.96. The predicted octanol–water partition coefficient (Wildman–Crippen LogP) is -1.39. The van der Waals surface area contributed by atoms with Gasteiger partial charge in [0.05, 0.1) is 0 Å². The van der Waals surface area contributed by atoms with Gasteiger partial charge in [-0.2, -0.15) is 0 Å². The highest BCUT2D eigenvalue weighted by Gasteiger charge is 2.20. The molecule has 0 aromatic rings. The Morgan fingerprint density at radius 1 is 1.28 bits per heavy atom. The third-order valence-corrected chi connectivity index (χ3v) is 2.17. The molecular formula is C10H20N4O4. The molecule has 0 aliphatic heterocycles. The molecule has 6 N–H and O–H groups in total. The summed E-state index contributed by atoms with van der Waals surface area (Å²) in [6, 6.07) is -1.68. The normalized spacial score (nSPS) is 11.6. The number of carbonyl (C=O) groups is 3. The van der Waals surface area contributed by atoms with E-state index in [-0.39, 0.29) is 12.8 Å². The van der Waals surface area contributed by atoms with Crippen molar-refractivity contribution in [2.45, 2.75) is 25.3 Å². The molecule has 0 fully saturated rings. The summed E-state index contributed by atoms with van der Waals surface area (Å²) in [6.45, 7) is 1.19. The summed E-state index contributed by atoms with van der Waals surface area (Å²) in [4.78, 5) is 32.7. The van der Waals surface area contributed by atoms with E-state index >= 15 is 0 Å². The van der Waals surface area contributed by atoms with Crippen LogP contribution in [0.3, 0.4) is 0 Å². The molecule has 0 rings (SSSR count). The fraction of sp³-hybridized carbons (Fsp3) is 0.700. The van der Waals surface area contributed by atoms with Crippen LogP contribution in [0.25, 0.3) is 0 Å². The molecule has 8 heteroatoms. The van der Waals surface area contributed by atoms with Crippen molar-refractivity contribution in [1.82, 2.24) is 16.0 Å². The van der Waals surface area contributed by atoms with Crippen LogP contribution < -0.4 is 21.7 Å². The number of hydrogen-bond acceptors (Lipinski definition) is 4. The molecule has 0 radical (unpaired) electrons. The third kappa shape index (κ3) is 8.34. The molecule has 0 aromatic carbocycles. The molecule has 1 unspecified atom stereocenters. The van der Waals surface area contributed by atoms with Gasteiger partial charge in [-0.15, -0.1) is 0 Å². The van der Waals surface area contributed by atoms with Gasteiger partial charge >= 0.3 is 12.0 Å². The quantitative estimate of drug-likeness (QED) is 0.326. The molecule has 0 aliphatic rings. The fourth-order valence-electron chi connectivity index (χ4n) is 1.22. The number of nitrogens with one attached hydrogen (secondary N) is 3. The van der Waals surface area contributed by atoms with Gasteiger partial charge in [0.2, 0.25) is 5.91 Å². The summed E-state index contributed by atoms with van der Waals surface area (Å²) in [6.07, 6.45) is 0.633. The number of urea groups is 1. The standard InChI is InChI=1S/C10H20N4O4/c1-12-5-2-6-13-10(18)14-7(9(16)17)3-4-8(11)15/h7,12H,2-6H2,1H3,(H2,11,15)(H,16,17)(H2,13,14,18). The van der Waals surface area contributed by atoms with Crippen molar-refractivity contribution in [2.24, 2.45) is 5.73 Å². The van der Waals surface area contributed by atoms with Gasteiger partial charge in [0.25, 0.3) is 0 Å². The van der Waals surface area contributed by atoms with Crippen LogP contribution in [-0.2, 0) is 9.59 Å². The first-order valence-corrected chi connectivity index (χ1v) is 5.67.